The van der Waals surface area contributed by atoms with Gasteiger partial charge in [0.05, 0.1) is 31.5 Å². The predicted octanol–water partition coefficient (Wildman–Crippen LogP) is 7.86. The molecule has 34 heavy (non-hydrogen) atoms. The normalized spacial score (nSPS) is 24.6. The Hall–Kier alpha value is -1.59. The Morgan fingerprint density at radius 3 is 2.12 bits per heavy atom. The topological polar surface area (TPSA) is 76.5 Å². The molecule has 0 amide bonds. The monoisotopic (exact) mass is 473 g/mol. The van der Waals surface area contributed by atoms with Crippen molar-refractivity contribution in [3.8, 4) is 0 Å². The van der Waals surface area contributed by atoms with Crippen LogP contribution < -0.4 is 0 Å². The fourth-order valence-electron chi connectivity index (χ4n) is 4.83. The summed E-state index contributed by atoms with van der Waals surface area (Å²) in [5.41, 5.74) is 9.45. The molecule has 0 N–H and O–H groups in total. The third-order valence-corrected chi connectivity index (χ3v) is 7.21. The number of unbranched alkanes of at least 4 members (excludes halogenated alkanes) is 9. The Kier molecular flexibility index (Phi) is 15.0. The van der Waals surface area contributed by atoms with Crippen molar-refractivity contribution in [1.82, 2.24) is 0 Å². The number of ether oxygens (including phenoxy) is 3. The first-order chi connectivity index (χ1) is 16.6. The van der Waals surface area contributed by atoms with Crippen LogP contribution >= 0.6 is 0 Å². The number of rotatable bonds is 18. The second kappa shape index (κ2) is 17.8. The van der Waals surface area contributed by atoms with Crippen LogP contribution in [0.4, 0.5) is 0 Å². The molecule has 5 atom stereocenters. The van der Waals surface area contributed by atoms with E-state index in [2.05, 4.69) is 55.1 Å². The standard InChI is InChI=1S/C28H47N3O3/c1-23-24(2)28(33-21-26-17-13-12-14-18-26)25(3)34-27(23)22-32-20-16-11-9-7-5-4-6-8-10-15-19-30-31-29/h12-14,17-18,23-25,27-28H,4-11,15-16,19-22H2,1-3H3/t23-,24-,25?,27?,28?/m0/s1. The molecule has 1 saturated heterocycles. The van der Waals surface area contributed by atoms with Gasteiger partial charge in [0.25, 0.3) is 0 Å². The van der Waals surface area contributed by atoms with Gasteiger partial charge in [0.2, 0.25) is 0 Å². The van der Waals surface area contributed by atoms with Crippen LogP contribution in [-0.4, -0.2) is 38.1 Å². The Balaban J connectivity index is 1.47. The molecule has 0 aromatic heterocycles. The highest BCUT2D eigenvalue weighted by Gasteiger charge is 2.40. The Labute approximate surface area is 207 Å². The molecule has 1 heterocycles. The lowest BCUT2D eigenvalue weighted by atomic mass is 9.81. The highest BCUT2D eigenvalue weighted by molar-refractivity contribution is 5.13. The van der Waals surface area contributed by atoms with Crippen LogP contribution in [0.15, 0.2) is 35.4 Å². The van der Waals surface area contributed by atoms with Gasteiger partial charge in [0.15, 0.2) is 0 Å². The molecule has 3 unspecified atom stereocenters. The van der Waals surface area contributed by atoms with E-state index in [4.69, 9.17) is 19.7 Å². The minimum Gasteiger partial charge on any atom is -0.379 e. The van der Waals surface area contributed by atoms with Crippen molar-refractivity contribution in [3.63, 3.8) is 0 Å². The molecule has 6 nitrogen and oxygen atoms in total. The molecule has 1 aromatic rings. The molecule has 1 aromatic carbocycles. The van der Waals surface area contributed by atoms with Gasteiger partial charge in [-0.1, -0.05) is 101 Å². The van der Waals surface area contributed by atoms with E-state index in [1.807, 2.05) is 6.07 Å². The first-order valence-electron chi connectivity index (χ1n) is 13.5. The Bertz CT molecular complexity index is 681. The molecular formula is C28H47N3O3. The van der Waals surface area contributed by atoms with Crippen LogP contribution in [0, 0.1) is 11.8 Å². The fourth-order valence-corrected chi connectivity index (χ4v) is 4.83. The Morgan fingerprint density at radius 2 is 1.47 bits per heavy atom. The van der Waals surface area contributed by atoms with E-state index in [0.717, 1.165) is 19.4 Å². The van der Waals surface area contributed by atoms with Crippen molar-refractivity contribution in [2.75, 3.05) is 19.8 Å². The van der Waals surface area contributed by atoms with Gasteiger partial charge >= 0.3 is 0 Å². The summed E-state index contributed by atoms with van der Waals surface area (Å²) in [5.74, 6) is 0.850. The molecule has 0 aliphatic carbocycles. The average Bonchev–Trinajstić information content (AvgIpc) is 2.85. The molecule has 0 radical (unpaired) electrons. The number of hydrogen-bond acceptors (Lipinski definition) is 4. The summed E-state index contributed by atoms with van der Waals surface area (Å²) in [7, 11) is 0. The summed E-state index contributed by atoms with van der Waals surface area (Å²) in [6.45, 7) is 9.48. The Morgan fingerprint density at radius 1 is 0.853 bits per heavy atom. The maximum Gasteiger partial charge on any atom is 0.0867 e. The quantitative estimate of drug-likeness (QED) is 0.0942. The van der Waals surface area contributed by atoms with E-state index in [9.17, 15) is 0 Å². The van der Waals surface area contributed by atoms with Crippen LogP contribution in [-0.2, 0) is 20.8 Å². The summed E-state index contributed by atoms with van der Waals surface area (Å²) in [4.78, 5) is 2.79. The third kappa shape index (κ3) is 11.2. The minimum atomic E-state index is 0.0783. The molecular weight excluding hydrogens is 426 g/mol. The lowest BCUT2D eigenvalue weighted by Gasteiger charge is -2.43. The summed E-state index contributed by atoms with van der Waals surface area (Å²) in [5, 5.41) is 3.57. The van der Waals surface area contributed by atoms with Crippen molar-refractivity contribution in [2.45, 2.75) is 110 Å². The third-order valence-electron chi connectivity index (χ3n) is 7.21. The van der Waals surface area contributed by atoms with Gasteiger partial charge < -0.3 is 14.2 Å². The molecule has 0 spiro atoms. The van der Waals surface area contributed by atoms with E-state index in [0.29, 0.717) is 31.6 Å². The SMILES string of the molecule is CC1OC(COCCCCCCCCCCCCN=[N+]=[N-])[C@@H](C)[C@H](C)C1OCc1ccccc1. The zero-order valence-electron chi connectivity index (χ0n) is 21.7. The van der Waals surface area contributed by atoms with Crippen molar-refractivity contribution < 1.29 is 14.2 Å². The van der Waals surface area contributed by atoms with Gasteiger partial charge in [-0.15, -0.1) is 0 Å². The van der Waals surface area contributed by atoms with Gasteiger partial charge in [-0.25, -0.2) is 0 Å². The van der Waals surface area contributed by atoms with Gasteiger partial charge in [-0.2, -0.15) is 0 Å². The van der Waals surface area contributed by atoms with E-state index in [1.54, 1.807) is 0 Å². The highest BCUT2D eigenvalue weighted by Crippen LogP contribution is 2.33. The molecule has 1 fully saturated rings. The first-order valence-corrected chi connectivity index (χ1v) is 13.5. The van der Waals surface area contributed by atoms with Gasteiger partial charge in [-0.05, 0) is 42.7 Å². The van der Waals surface area contributed by atoms with Gasteiger partial charge in [-0.3, -0.25) is 0 Å². The summed E-state index contributed by atoms with van der Waals surface area (Å²) < 4.78 is 18.6. The number of nitrogens with zero attached hydrogens (tertiary/aromatic N) is 3. The number of azide groups is 1. The van der Waals surface area contributed by atoms with E-state index < -0.39 is 0 Å². The van der Waals surface area contributed by atoms with Crippen molar-refractivity contribution in [2.24, 2.45) is 17.0 Å². The van der Waals surface area contributed by atoms with Crippen molar-refractivity contribution in [1.29, 1.82) is 0 Å². The number of benzene rings is 1. The lowest BCUT2D eigenvalue weighted by Crippen LogP contribution is -2.50. The van der Waals surface area contributed by atoms with E-state index >= 15 is 0 Å². The van der Waals surface area contributed by atoms with E-state index in [1.165, 1.54) is 56.9 Å². The predicted molar refractivity (Wildman–Crippen MR) is 139 cm³/mol. The molecule has 6 heteroatoms. The second-order valence-electron chi connectivity index (χ2n) is 9.92. The molecule has 1 aliphatic heterocycles. The maximum absolute atomic E-state index is 8.24. The zero-order chi connectivity index (χ0) is 24.4. The van der Waals surface area contributed by atoms with Crippen LogP contribution in [0.3, 0.4) is 0 Å². The van der Waals surface area contributed by atoms with Crippen LogP contribution in [0.2, 0.25) is 0 Å². The second-order valence-corrected chi connectivity index (χ2v) is 9.92. The van der Waals surface area contributed by atoms with Gasteiger partial charge in [0.1, 0.15) is 0 Å². The maximum atomic E-state index is 8.24. The summed E-state index contributed by atoms with van der Waals surface area (Å²) in [6, 6.07) is 10.4. The summed E-state index contributed by atoms with van der Waals surface area (Å²) >= 11 is 0. The van der Waals surface area contributed by atoms with Crippen LogP contribution in [0.5, 0.6) is 0 Å². The molecule has 192 valence electrons. The largest absolute Gasteiger partial charge is 0.379 e. The smallest absolute Gasteiger partial charge is 0.0867 e. The van der Waals surface area contributed by atoms with Gasteiger partial charge in [0, 0.05) is 18.1 Å². The molecule has 2 rings (SSSR count). The van der Waals surface area contributed by atoms with Crippen LogP contribution in [0.25, 0.3) is 10.4 Å². The molecule has 0 bridgehead atoms. The zero-order valence-corrected chi connectivity index (χ0v) is 21.7. The fraction of sp³-hybridized carbons (Fsp3) is 0.786. The summed E-state index contributed by atoms with van der Waals surface area (Å²) in [6.07, 6.45) is 12.7. The van der Waals surface area contributed by atoms with Crippen molar-refractivity contribution in [3.05, 3.63) is 46.3 Å². The lowest BCUT2D eigenvalue weighted by molar-refractivity contribution is -0.196. The van der Waals surface area contributed by atoms with Crippen molar-refractivity contribution >= 4 is 0 Å². The van der Waals surface area contributed by atoms with E-state index in [-0.39, 0.29) is 18.3 Å². The number of hydrogen-bond donors (Lipinski definition) is 0. The first kappa shape index (κ1) is 28.6. The molecule has 0 saturated carbocycles. The highest BCUT2D eigenvalue weighted by atomic mass is 16.6. The van der Waals surface area contributed by atoms with Crippen LogP contribution in [0.1, 0.15) is 90.5 Å². The minimum absolute atomic E-state index is 0.0783. The average molecular weight is 474 g/mol. The molecule has 1 aliphatic rings.